The van der Waals surface area contributed by atoms with Crippen molar-refractivity contribution in [3.63, 3.8) is 0 Å². The second-order valence-corrected chi connectivity index (χ2v) is 11.5. The van der Waals surface area contributed by atoms with Gasteiger partial charge in [-0.1, -0.05) is 53.4 Å². The van der Waals surface area contributed by atoms with E-state index in [0.29, 0.717) is 84.1 Å². The van der Waals surface area contributed by atoms with Gasteiger partial charge in [0.05, 0.1) is 11.1 Å². The maximum absolute atomic E-state index is 12.3. The molecule has 0 bridgehead atoms. The van der Waals surface area contributed by atoms with Gasteiger partial charge in [0.2, 0.25) is 0 Å². The molecule has 0 atom stereocenters. The molecule has 0 radical (unpaired) electrons. The van der Waals surface area contributed by atoms with E-state index in [4.69, 9.17) is 0 Å². The monoisotopic (exact) mass is 602 g/mol. The zero-order chi connectivity index (χ0) is 32.3. The molecule has 0 aliphatic heterocycles. The van der Waals surface area contributed by atoms with Crippen molar-refractivity contribution in [1.82, 2.24) is 0 Å². The number of hydrogen-bond donors (Lipinski definition) is 6. The third-order valence-corrected chi connectivity index (χ3v) is 8.57. The van der Waals surface area contributed by atoms with Crippen LogP contribution >= 0.6 is 0 Å². The zero-order valence-electron chi connectivity index (χ0n) is 25.9. The molecule has 0 aliphatic carbocycles. The molecule has 0 aromatic heterocycles. The molecule has 234 valence electrons. The molecule has 0 saturated heterocycles. The molecule has 4 rings (SSSR count). The summed E-state index contributed by atoms with van der Waals surface area (Å²) in [5.41, 5.74) is 2.12. The molecule has 4 aromatic rings. The van der Waals surface area contributed by atoms with Crippen LogP contribution in [0.25, 0.3) is 32.7 Å². The van der Waals surface area contributed by atoms with Gasteiger partial charge in [-0.3, -0.25) is 9.59 Å². The number of aromatic hydroxyl groups is 6. The molecule has 44 heavy (non-hydrogen) atoms. The Bertz CT molecular complexity index is 1620. The normalized spacial score (nSPS) is 11.5. The fourth-order valence-corrected chi connectivity index (χ4v) is 6.42. The largest absolute Gasteiger partial charge is 0.507 e. The minimum absolute atomic E-state index is 0.0609. The highest BCUT2D eigenvalue weighted by molar-refractivity contribution is 6.14. The van der Waals surface area contributed by atoms with Gasteiger partial charge in [-0.05, 0) is 72.6 Å². The molecular weight excluding hydrogens is 560 g/mol. The van der Waals surface area contributed by atoms with Crippen molar-refractivity contribution in [2.45, 2.75) is 91.9 Å². The fourth-order valence-electron chi connectivity index (χ4n) is 6.42. The third-order valence-electron chi connectivity index (χ3n) is 8.57. The topological polar surface area (TPSA) is 156 Å². The van der Waals surface area contributed by atoms with E-state index < -0.39 is 23.0 Å². The summed E-state index contributed by atoms with van der Waals surface area (Å²) >= 11 is 0. The van der Waals surface area contributed by atoms with E-state index in [2.05, 4.69) is 0 Å². The van der Waals surface area contributed by atoms with Gasteiger partial charge in [0, 0.05) is 33.0 Å². The summed E-state index contributed by atoms with van der Waals surface area (Å²) < 4.78 is 0. The maximum Gasteiger partial charge on any atom is 0.169 e. The van der Waals surface area contributed by atoms with Crippen LogP contribution in [0.3, 0.4) is 0 Å². The number of hydrogen-bond acceptors (Lipinski definition) is 8. The van der Waals surface area contributed by atoms with Crippen LogP contribution in [0.2, 0.25) is 0 Å². The zero-order valence-corrected chi connectivity index (χ0v) is 25.9. The molecule has 0 heterocycles. The average Bonchev–Trinajstić information content (AvgIpc) is 3.01. The lowest BCUT2D eigenvalue weighted by Crippen LogP contribution is -2.03. The average molecular weight is 603 g/mol. The van der Waals surface area contributed by atoms with E-state index in [1.807, 2.05) is 39.8 Å². The van der Waals surface area contributed by atoms with Gasteiger partial charge in [-0.25, -0.2) is 0 Å². The lowest BCUT2D eigenvalue weighted by Gasteiger charge is -2.24. The minimum atomic E-state index is -0.625. The Labute approximate surface area is 257 Å². The Morgan fingerprint density at radius 1 is 0.500 bits per heavy atom. The molecule has 0 spiro atoms. The highest BCUT2D eigenvalue weighted by Gasteiger charge is 2.30. The molecule has 4 aromatic carbocycles. The first-order valence-corrected chi connectivity index (χ1v) is 15.5. The smallest absolute Gasteiger partial charge is 0.169 e. The molecule has 0 amide bonds. The van der Waals surface area contributed by atoms with Crippen LogP contribution in [0.4, 0.5) is 0 Å². The molecular formula is C36H42O8. The van der Waals surface area contributed by atoms with Gasteiger partial charge in [-0.15, -0.1) is 0 Å². The maximum atomic E-state index is 12.3. The SMILES string of the molecule is CCCCc1cc2c(CCC)c(O)c(O)c(C=O)c2c(O)c1-c1c(CCCC)cc2c(CCC)c(O)c(O)c(C=O)c2c1O. The summed E-state index contributed by atoms with van der Waals surface area (Å²) in [6, 6.07) is 3.61. The first kappa shape index (κ1) is 32.5. The van der Waals surface area contributed by atoms with Crippen molar-refractivity contribution >= 4 is 34.1 Å². The van der Waals surface area contributed by atoms with Gasteiger partial charge >= 0.3 is 0 Å². The van der Waals surface area contributed by atoms with Crippen LogP contribution in [0.5, 0.6) is 34.5 Å². The Kier molecular flexibility index (Phi) is 9.92. The summed E-state index contributed by atoms with van der Waals surface area (Å²) in [4.78, 5) is 24.6. The summed E-state index contributed by atoms with van der Waals surface area (Å²) in [6.07, 6.45) is 6.93. The quantitative estimate of drug-likeness (QED) is 0.0662. The van der Waals surface area contributed by atoms with Crippen molar-refractivity contribution in [1.29, 1.82) is 0 Å². The lowest BCUT2D eigenvalue weighted by atomic mass is 9.82. The molecule has 0 saturated carbocycles. The van der Waals surface area contributed by atoms with Crippen molar-refractivity contribution in [3.05, 3.63) is 45.5 Å². The Hall–Kier alpha value is -4.46. The Morgan fingerprint density at radius 2 is 0.864 bits per heavy atom. The van der Waals surface area contributed by atoms with E-state index in [9.17, 15) is 40.2 Å². The second-order valence-electron chi connectivity index (χ2n) is 11.5. The molecule has 8 heteroatoms. The highest BCUT2D eigenvalue weighted by Crippen LogP contribution is 2.53. The van der Waals surface area contributed by atoms with Gasteiger partial charge < -0.3 is 30.6 Å². The number of fused-ring (bicyclic) bond motifs is 2. The Balaban J connectivity index is 2.31. The van der Waals surface area contributed by atoms with Gasteiger partial charge in [0.15, 0.2) is 35.6 Å². The van der Waals surface area contributed by atoms with Gasteiger partial charge in [-0.2, -0.15) is 0 Å². The van der Waals surface area contributed by atoms with Crippen molar-refractivity contribution in [3.8, 4) is 45.6 Å². The van der Waals surface area contributed by atoms with E-state index in [1.54, 1.807) is 0 Å². The van der Waals surface area contributed by atoms with Gasteiger partial charge in [0.1, 0.15) is 11.5 Å². The van der Waals surface area contributed by atoms with E-state index in [0.717, 1.165) is 25.7 Å². The summed E-state index contributed by atoms with van der Waals surface area (Å²) in [5.74, 6) is -2.72. The second kappa shape index (κ2) is 13.5. The molecule has 0 aliphatic rings. The molecule has 8 nitrogen and oxygen atoms in total. The number of aryl methyl sites for hydroxylation is 4. The standard InChI is InChI=1S/C36H42O8/c1-5-9-13-19-15-23-21(11-7-3)31(39)33(41)25(17-37)29(23)35(43)27(19)28-20(14-10-6-2)16-24-22(12-8-4)32(40)34(42)26(18-38)30(24)36(28)44/h15-18,39-44H,5-14H2,1-4H3. The fraction of sp³-hybridized carbons (Fsp3) is 0.389. The van der Waals surface area contributed by atoms with Crippen molar-refractivity contribution in [2.75, 3.05) is 0 Å². The van der Waals surface area contributed by atoms with Crippen LogP contribution in [0, 0.1) is 0 Å². The number of aldehydes is 2. The first-order valence-electron chi connectivity index (χ1n) is 15.5. The summed E-state index contributed by atoms with van der Waals surface area (Å²) in [5, 5.41) is 68.6. The highest BCUT2D eigenvalue weighted by atomic mass is 16.3. The summed E-state index contributed by atoms with van der Waals surface area (Å²) in [7, 11) is 0. The molecule has 0 unspecified atom stereocenters. The predicted octanol–water partition coefficient (Wildman–Crippen LogP) is 8.11. The van der Waals surface area contributed by atoms with Crippen LogP contribution in [0.15, 0.2) is 12.1 Å². The van der Waals surface area contributed by atoms with Crippen LogP contribution in [-0.4, -0.2) is 43.2 Å². The van der Waals surface area contributed by atoms with E-state index in [-0.39, 0.29) is 44.5 Å². The lowest BCUT2D eigenvalue weighted by molar-refractivity contribution is 0.111. The van der Waals surface area contributed by atoms with Crippen molar-refractivity contribution in [2.24, 2.45) is 0 Å². The first-order chi connectivity index (χ1) is 21.1. The minimum Gasteiger partial charge on any atom is -0.507 e. The number of phenols is 6. The van der Waals surface area contributed by atoms with Crippen LogP contribution < -0.4 is 0 Å². The van der Waals surface area contributed by atoms with Gasteiger partial charge in [0.25, 0.3) is 0 Å². The number of rotatable bonds is 13. The van der Waals surface area contributed by atoms with Crippen LogP contribution in [0.1, 0.15) is 109 Å². The molecule has 0 fully saturated rings. The van der Waals surface area contributed by atoms with Crippen molar-refractivity contribution < 1.29 is 40.2 Å². The van der Waals surface area contributed by atoms with E-state index >= 15 is 0 Å². The molecule has 6 N–H and O–H groups in total. The predicted molar refractivity (Wildman–Crippen MR) is 173 cm³/mol. The third kappa shape index (κ3) is 5.27. The summed E-state index contributed by atoms with van der Waals surface area (Å²) in [6.45, 7) is 7.89. The number of benzene rings is 4. The van der Waals surface area contributed by atoms with E-state index in [1.165, 1.54) is 0 Å². The Morgan fingerprint density at radius 3 is 1.16 bits per heavy atom. The van der Waals surface area contributed by atoms with Crippen LogP contribution in [-0.2, 0) is 25.7 Å². The number of unbranched alkanes of at least 4 members (excludes halogenated alkanes) is 2. The number of carbonyl (C=O) groups is 2. The number of carbonyl (C=O) groups excluding carboxylic acids is 2. The number of phenolic OH excluding ortho intramolecular Hbond substituents is 6.